The van der Waals surface area contributed by atoms with Crippen LogP contribution in [0.5, 0.6) is 5.75 Å². The van der Waals surface area contributed by atoms with Crippen molar-refractivity contribution in [3.05, 3.63) is 23.8 Å². The van der Waals surface area contributed by atoms with Gasteiger partial charge in [0.1, 0.15) is 11.5 Å². The van der Waals surface area contributed by atoms with Crippen LogP contribution in [0.1, 0.15) is 19.8 Å². The smallest absolute Gasteiger partial charge is 0.264 e. The van der Waals surface area contributed by atoms with Gasteiger partial charge in [-0.3, -0.25) is 0 Å². The second-order valence-electron chi connectivity index (χ2n) is 4.58. The van der Waals surface area contributed by atoms with Gasteiger partial charge in [0, 0.05) is 10.7 Å². The van der Waals surface area contributed by atoms with E-state index >= 15 is 0 Å². The van der Waals surface area contributed by atoms with Crippen LogP contribution < -0.4 is 4.74 Å². The third-order valence-corrected chi connectivity index (χ3v) is 4.36. The van der Waals surface area contributed by atoms with E-state index in [9.17, 15) is 17.2 Å². The summed E-state index contributed by atoms with van der Waals surface area (Å²) in [7, 11) is 0.656. The van der Waals surface area contributed by atoms with Crippen LogP contribution in [-0.4, -0.2) is 27.2 Å². The third kappa shape index (κ3) is 3.39. The highest BCUT2D eigenvalue weighted by atomic mass is 35.7. The first-order chi connectivity index (χ1) is 9.29. The number of halogens is 3. The first-order valence-corrected chi connectivity index (χ1v) is 8.31. The molecule has 0 amide bonds. The molecule has 8 heteroatoms. The molecule has 0 aliphatic carbocycles. The zero-order chi connectivity index (χ0) is 14.9. The Labute approximate surface area is 120 Å². The Morgan fingerprint density at radius 3 is 2.60 bits per heavy atom. The maximum absolute atomic E-state index is 13.7. The van der Waals surface area contributed by atoms with Crippen molar-refractivity contribution in [1.82, 2.24) is 0 Å². The van der Waals surface area contributed by atoms with Crippen molar-refractivity contribution >= 4 is 19.7 Å². The number of hydrogen-bond donors (Lipinski definition) is 0. The van der Waals surface area contributed by atoms with E-state index in [1.54, 1.807) is 0 Å². The Morgan fingerprint density at radius 2 is 2.05 bits per heavy atom. The van der Waals surface area contributed by atoms with E-state index in [0.717, 1.165) is 25.0 Å². The molecule has 2 atom stereocenters. The zero-order valence-electron chi connectivity index (χ0n) is 10.6. The topological polar surface area (TPSA) is 52.6 Å². The van der Waals surface area contributed by atoms with Crippen LogP contribution in [-0.2, 0) is 13.8 Å². The quantitative estimate of drug-likeness (QED) is 0.798. The van der Waals surface area contributed by atoms with Gasteiger partial charge in [0.2, 0.25) is 5.82 Å². The SMILES string of the molecule is CC1CCC(COc2ccc(S(=O)(=O)Cl)c(F)c2F)O1. The fraction of sp³-hybridized carbons (Fsp3) is 0.500. The predicted molar refractivity (Wildman–Crippen MR) is 68.5 cm³/mol. The van der Waals surface area contributed by atoms with E-state index in [1.807, 2.05) is 6.92 Å². The molecule has 2 unspecified atom stereocenters. The molecule has 20 heavy (non-hydrogen) atoms. The van der Waals surface area contributed by atoms with Gasteiger partial charge in [-0.2, -0.15) is 4.39 Å². The van der Waals surface area contributed by atoms with Gasteiger partial charge >= 0.3 is 0 Å². The molecule has 0 saturated carbocycles. The Balaban J connectivity index is 2.12. The van der Waals surface area contributed by atoms with Gasteiger partial charge in [0.15, 0.2) is 11.6 Å². The monoisotopic (exact) mass is 326 g/mol. The van der Waals surface area contributed by atoms with Gasteiger partial charge in [0.05, 0.1) is 12.2 Å². The Kier molecular flexibility index (Phi) is 4.51. The second kappa shape index (κ2) is 5.83. The molecule has 0 N–H and O–H groups in total. The van der Waals surface area contributed by atoms with Gasteiger partial charge in [-0.1, -0.05) is 0 Å². The molecule has 1 aliphatic rings. The summed E-state index contributed by atoms with van der Waals surface area (Å²) in [5.41, 5.74) is 0. The average molecular weight is 327 g/mol. The van der Waals surface area contributed by atoms with Gasteiger partial charge in [-0.25, -0.2) is 12.8 Å². The molecule has 2 rings (SSSR count). The Morgan fingerprint density at radius 1 is 1.35 bits per heavy atom. The van der Waals surface area contributed by atoms with E-state index in [-0.39, 0.29) is 24.6 Å². The molecule has 1 aromatic carbocycles. The molecule has 1 heterocycles. The third-order valence-electron chi connectivity index (χ3n) is 3.02. The number of benzene rings is 1. The molecule has 1 fully saturated rings. The van der Waals surface area contributed by atoms with E-state index in [1.165, 1.54) is 0 Å². The lowest BCUT2D eigenvalue weighted by molar-refractivity contribution is 0.0254. The second-order valence-corrected chi connectivity index (χ2v) is 7.12. The highest BCUT2D eigenvalue weighted by Crippen LogP contribution is 2.28. The summed E-state index contributed by atoms with van der Waals surface area (Å²) in [6.45, 7) is 1.99. The van der Waals surface area contributed by atoms with Crippen molar-refractivity contribution in [2.75, 3.05) is 6.61 Å². The molecule has 0 bridgehead atoms. The number of hydrogen-bond acceptors (Lipinski definition) is 4. The lowest BCUT2D eigenvalue weighted by Crippen LogP contribution is -2.18. The van der Waals surface area contributed by atoms with E-state index in [0.29, 0.717) is 0 Å². The summed E-state index contributed by atoms with van der Waals surface area (Å²) in [5.74, 6) is -3.29. The van der Waals surface area contributed by atoms with E-state index in [4.69, 9.17) is 20.2 Å². The largest absolute Gasteiger partial charge is 0.488 e. The normalized spacial score (nSPS) is 23.0. The van der Waals surface area contributed by atoms with Gasteiger partial charge in [-0.05, 0) is 31.9 Å². The van der Waals surface area contributed by atoms with Crippen molar-refractivity contribution < 1.29 is 26.7 Å². The Bertz CT molecular complexity index is 606. The van der Waals surface area contributed by atoms with Crippen LogP contribution >= 0.6 is 10.7 Å². The minimum atomic E-state index is -4.33. The Hall–Kier alpha value is -0.920. The van der Waals surface area contributed by atoms with Gasteiger partial charge < -0.3 is 9.47 Å². The standard InChI is InChI=1S/C12H13ClF2O4S/c1-7-2-3-8(19-7)6-18-9-4-5-10(20(13,16)17)12(15)11(9)14/h4-5,7-8H,2-3,6H2,1H3. The van der Waals surface area contributed by atoms with Crippen molar-refractivity contribution in [3.8, 4) is 5.75 Å². The minimum absolute atomic E-state index is 0.0771. The van der Waals surface area contributed by atoms with E-state index in [2.05, 4.69) is 0 Å². The van der Waals surface area contributed by atoms with Crippen molar-refractivity contribution in [2.24, 2.45) is 0 Å². The molecule has 1 aliphatic heterocycles. The number of ether oxygens (including phenoxy) is 2. The lowest BCUT2D eigenvalue weighted by atomic mass is 10.2. The van der Waals surface area contributed by atoms with Crippen LogP contribution in [0, 0.1) is 11.6 Å². The summed E-state index contributed by atoms with van der Waals surface area (Å²) in [6.07, 6.45) is 1.60. The fourth-order valence-electron chi connectivity index (χ4n) is 2.00. The van der Waals surface area contributed by atoms with Crippen LogP contribution in [0.25, 0.3) is 0 Å². The summed E-state index contributed by atoms with van der Waals surface area (Å²) < 4.78 is 59.9. The summed E-state index contributed by atoms with van der Waals surface area (Å²) >= 11 is 0. The summed E-state index contributed by atoms with van der Waals surface area (Å²) in [4.78, 5) is -0.908. The van der Waals surface area contributed by atoms with Gasteiger partial charge in [-0.15, -0.1) is 0 Å². The molecule has 1 saturated heterocycles. The molecule has 0 spiro atoms. The molecular weight excluding hydrogens is 314 g/mol. The molecule has 1 aromatic rings. The first kappa shape index (κ1) is 15.5. The predicted octanol–water partition coefficient (Wildman–Crippen LogP) is 2.84. The molecule has 112 valence electrons. The number of rotatable bonds is 4. The van der Waals surface area contributed by atoms with Crippen molar-refractivity contribution in [1.29, 1.82) is 0 Å². The van der Waals surface area contributed by atoms with Crippen LogP contribution in [0.15, 0.2) is 17.0 Å². The molecule has 0 radical (unpaired) electrons. The molecule has 4 nitrogen and oxygen atoms in total. The molecule has 0 aromatic heterocycles. The first-order valence-electron chi connectivity index (χ1n) is 6.00. The van der Waals surface area contributed by atoms with Crippen LogP contribution in [0.2, 0.25) is 0 Å². The van der Waals surface area contributed by atoms with Crippen LogP contribution in [0.3, 0.4) is 0 Å². The lowest BCUT2D eigenvalue weighted by Gasteiger charge is -2.13. The van der Waals surface area contributed by atoms with Crippen molar-refractivity contribution in [3.63, 3.8) is 0 Å². The average Bonchev–Trinajstić information content (AvgIpc) is 2.75. The maximum Gasteiger partial charge on any atom is 0.264 e. The zero-order valence-corrected chi connectivity index (χ0v) is 12.2. The summed E-state index contributed by atoms with van der Waals surface area (Å²) in [5, 5.41) is 0. The van der Waals surface area contributed by atoms with Crippen molar-refractivity contribution in [2.45, 2.75) is 36.9 Å². The molecular formula is C12H13ClF2O4S. The summed E-state index contributed by atoms with van der Waals surface area (Å²) in [6, 6.07) is 1.90. The van der Waals surface area contributed by atoms with Crippen LogP contribution in [0.4, 0.5) is 8.78 Å². The highest BCUT2D eigenvalue weighted by molar-refractivity contribution is 8.13. The van der Waals surface area contributed by atoms with Gasteiger partial charge in [0.25, 0.3) is 9.05 Å². The minimum Gasteiger partial charge on any atom is -0.488 e. The fourth-order valence-corrected chi connectivity index (χ4v) is 2.90. The van der Waals surface area contributed by atoms with E-state index < -0.39 is 25.6 Å². The maximum atomic E-state index is 13.7. The highest BCUT2D eigenvalue weighted by Gasteiger charge is 2.25.